The van der Waals surface area contributed by atoms with Crippen molar-refractivity contribution in [1.29, 1.82) is 0 Å². The van der Waals surface area contributed by atoms with Gasteiger partial charge in [0.2, 0.25) is 11.8 Å². The first-order chi connectivity index (χ1) is 16.4. The second-order valence-corrected chi connectivity index (χ2v) is 8.93. The average Bonchev–Trinajstić information content (AvgIpc) is 2.88. The Morgan fingerprint density at radius 3 is 2.06 bits per heavy atom. The Balaban J connectivity index is 0.000000563. The molecule has 0 saturated carbocycles. The van der Waals surface area contributed by atoms with E-state index in [2.05, 4.69) is 36.3 Å². The molecule has 196 valence electrons. The lowest BCUT2D eigenvalue weighted by Gasteiger charge is -2.35. The fourth-order valence-corrected chi connectivity index (χ4v) is 4.19. The molecule has 3 rings (SSSR count). The van der Waals surface area contributed by atoms with Crippen molar-refractivity contribution in [2.24, 2.45) is 11.8 Å². The Morgan fingerprint density at radius 1 is 0.971 bits per heavy atom. The minimum Gasteiger partial charge on any atom is -0.314 e. The van der Waals surface area contributed by atoms with E-state index in [0.717, 1.165) is 23.9 Å². The summed E-state index contributed by atoms with van der Waals surface area (Å²) in [5.74, 6) is 0.553. The van der Waals surface area contributed by atoms with Gasteiger partial charge in [0.15, 0.2) is 0 Å². The first-order valence-electron chi connectivity index (χ1n) is 13.8. The fourth-order valence-electron chi connectivity index (χ4n) is 4.19. The molecule has 2 aliphatic rings. The number of amides is 2. The summed E-state index contributed by atoms with van der Waals surface area (Å²) >= 11 is 0. The summed E-state index contributed by atoms with van der Waals surface area (Å²) < 4.78 is 0. The zero-order chi connectivity index (χ0) is 25.9. The molecule has 5 heteroatoms. The summed E-state index contributed by atoms with van der Waals surface area (Å²) in [4.78, 5) is 25.2. The fraction of sp³-hybridized carbons (Fsp3) is 0.724. The zero-order valence-electron chi connectivity index (χ0n) is 23.4. The maximum absolute atomic E-state index is 11.5. The lowest BCUT2D eigenvalue weighted by atomic mass is 9.91. The largest absolute Gasteiger partial charge is 0.314 e. The molecular weight excluding hydrogens is 422 g/mol. The first-order valence-corrected chi connectivity index (χ1v) is 13.8. The second-order valence-electron chi connectivity index (χ2n) is 8.93. The number of imide groups is 1. The van der Waals surface area contributed by atoms with Crippen molar-refractivity contribution < 1.29 is 9.59 Å². The molecule has 2 fully saturated rings. The van der Waals surface area contributed by atoms with E-state index < -0.39 is 0 Å². The molecule has 3 atom stereocenters. The zero-order valence-corrected chi connectivity index (χ0v) is 23.4. The number of carbonyl (C=O) groups excluding carboxylic acids is 2. The van der Waals surface area contributed by atoms with Gasteiger partial charge >= 0.3 is 0 Å². The third kappa shape index (κ3) is 12.7. The van der Waals surface area contributed by atoms with E-state index in [4.69, 9.17) is 0 Å². The van der Waals surface area contributed by atoms with Gasteiger partial charge in [-0.1, -0.05) is 84.7 Å². The van der Waals surface area contributed by atoms with E-state index in [0.29, 0.717) is 12.8 Å². The molecule has 1 aromatic rings. The highest BCUT2D eigenvalue weighted by Crippen LogP contribution is 2.19. The third-order valence-electron chi connectivity index (χ3n) is 6.47. The maximum atomic E-state index is 11.5. The Bertz CT molecular complexity index is 654. The molecule has 2 aliphatic heterocycles. The SMILES string of the molecule is CC.CC.CCC(C)CC(CC)N1CCNCC1.Cc1ccc(CC2CCC(=O)NC2=O)cc1. The highest BCUT2D eigenvalue weighted by Gasteiger charge is 2.26. The Labute approximate surface area is 210 Å². The quantitative estimate of drug-likeness (QED) is 0.493. The molecule has 0 aliphatic carbocycles. The summed E-state index contributed by atoms with van der Waals surface area (Å²) in [5.41, 5.74) is 2.37. The Kier molecular flexibility index (Phi) is 18.6. The molecule has 0 radical (unpaired) electrons. The minimum absolute atomic E-state index is 0.0552. The van der Waals surface area contributed by atoms with Crippen LogP contribution in [0.5, 0.6) is 0 Å². The molecule has 2 saturated heterocycles. The number of aryl methyl sites for hydroxylation is 1. The van der Waals surface area contributed by atoms with Gasteiger partial charge in [0.05, 0.1) is 0 Å². The van der Waals surface area contributed by atoms with Crippen LogP contribution in [-0.4, -0.2) is 48.9 Å². The topological polar surface area (TPSA) is 61.4 Å². The molecular formula is C29H53N3O2. The molecule has 5 nitrogen and oxygen atoms in total. The molecule has 2 N–H and O–H groups in total. The number of piperidine rings is 1. The van der Waals surface area contributed by atoms with Crippen LogP contribution in [-0.2, 0) is 16.0 Å². The molecule has 34 heavy (non-hydrogen) atoms. The Hall–Kier alpha value is -1.72. The van der Waals surface area contributed by atoms with E-state index in [-0.39, 0.29) is 17.7 Å². The maximum Gasteiger partial charge on any atom is 0.230 e. The van der Waals surface area contributed by atoms with Crippen LogP contribution in [0.4, 0.5) is 0 Å². The van der Waals surface area contributed by atoms with E-state index in [9.17, 15) is 9.59 Å². The highest BCUT2D eigenvalue weighted by molar-refractivity contribution is 5.98. The van der Waals surface area contributed by atoms with Gasteiger partial charge in [0.1, 0.15) is 0 Å². The monoisotopic (exact) mass is 475 g/mol. The number of carbonyl (C=O) groups is 2. The summed E-state index contributed by atoms with van der Waals surface area (Å²) in [6, 6.07) is 8.99. The standard InChI is InChI=1S/C13H15NO2.C12H26N2.2C2H6/c1-9-2-4-10(5-3-9)8-11-6-7-12(15)14-13(11)16;1-4-11(3)10-12(5-2)14-8-6-13-7-9-14;2*1-2/h2-5,11H,6-8H2,1H3,(H,14,15,16);11-13H,4-10H2,1-3H3;2*1-2H3. The van der Waals surface area contributed by atoms with Crippen LogP contribution in [0.15, 0.2) is 24.3 Å². The molecule has 1 aromatic carbocycles. The molecule has 2 heterocycles. The van der Waals surface area contributed by atoms with Gasteiger partial charge in [-0.15, -0.1) is 0 Å². The van der Waals surface area contributed by atoms with Gasteiger partial charge in [-0.3, -0.25) is 19.8 Å². The predicted molar refractivity (Wildman–Crippen MR) is 146 cm³/mol. The van der Waals surface area contributed by atoms with E-state index >= 15 is 0 Å². The minimum atomic E-state index is -0.148. The van der Waals surface area contributed by atoms with Gasteiger partial charge in [-0.25, -0.2) is 0 Å². The van der Waals surface area contributed by atoms with Crippen LogP contribution in [0, 0.1) is 18.8 Å². The van der Waals surface area contributed by atoms with Gasteiger partial charge in [0.25, 0.3) is 0 Å². The highest BCUT2D eigenvalue weighted by atomic mass is 16.2. The molecule has 0 spiro atoms. The normalized spacial score (nSPS) is 19.7. The molecule has 0 aromatic heterocycles. The van der Waals surface area contributed by atoms with Crippen molar-refractivity contribution in [2.75, 3.05) is 26.2 Å². The summed E-state index contributed by atoms with van der Waals surface area (Å²) in [6.45, 7) is 21.9. The number of piperazine rings is 1. The number of benzene rings is 1. The Morgan fingerprint density at radius 2 is 1.56 bits per heavy atom. The van der Waals surface area contributed by atoms with Crippen molar-refractivity contribution in [3.63, 3.8) is 0 Å². The van der Waals surface area contributed by atoms with Crippen molar-refractivity contribution in [1.82, 2.24) is 15.5 Å². The van der Waals surface area contributed by atoms with Gasteiger partial charge in [0, 0.05) is 44.6 Å². The lowest BCUT2D eigenvalue weighted by molar-refractivity contribution is -0.136. The average molecular weight is 476 g/mol. The summed E-state index contributed by atoms with van der Waals surface area (Å²) in [7, 11) is 0. The van der Waals surface area contributed by atoms with Crippen molar-refractivity contribution in [3.05, 3.63) is 35.4 Å². The van der Waals surface area contributed by atoms with Crippen LogP contribution >= 0.6 is 0 Å². The van der Waals surface area contributed by atoms with Crippen molar-refractivity contribution >= 4 is 11.8 Å². The first kappa shape index (κ1) is 32.3. The number of hydrogen-bond donors (Lipinski definition) is 2. The van der Waals surface area contributed by atoms with Crippen molar-refractivity contribution in [2.45, 2.75) is 100.0 Å². The second kappa shape index (κ2) is 19.6. The number of nitrogens with one attached hydrogen (secondary N) is 2. The number of nitrogens with zero attached hydrogens (tertiary/aromatic N) is 1. The van der Waals surface area contributed by atoms with E-state index in [1.807, 2.05) is 58.9 Å². The summed E-state index contributed by atoms with van der Waals surface area (Å²) in [6.07, 6.45) is 5.86. The molecule has 2 amide bonds. The smallest absolute Gasteiger partial charge is 0.230 e. The summed E-state index contributed by atoms with van der Waals surface area (Å²) in [5, 5.41) is 5.80. The van der Waals surface area contributed by atoms with Gasteiger partial charge in [-0.05, 0) is 44.1 Å². The third-order valence-corrected chi connectivity index (χ3v) is 6.47. The molecule has 0 bridgehead atoms. The van der Waals surface area contributed by atoms with Gasteiger partial charge < -0.3 is 5.32 Å². The van der Waals surface area contributed by atoms with Crippen LogP contribution in [0.3, 0.4) is 0 Å². The lowest BCUT2D eigenvalue weighted by Crippen LogP contribution is -2.48. The number of rotatable bonds is 7. The van der Waals surface area contributed by atoms with Crippen molar-refractivity contribution in [3.8, 4) is 0 Å². The van der Waals surface area contributed by atoms with E-state index in [1.54, 1.807) is 0 Å². The predicted octanol–water partition coefficient (Wildman–Crippen LogP) is 5.75. The van der Waals surface area contributed by atoms with Crippen LogP contribution < -0.4 is 10.6 Å². The van der Waals surface area contributed by atoms with E-state index in [1.165, 1.54) is 51.0 Å². The number of hydrogen-bond acceptors (Lipinski definition) is 4. The molecule has 3 unspecified atom stereocenters. The van der Waals surface area contributed by atoms with Crippen LogP contribution in [0.2, 0.25) is 0 Å². The van der Waals surface area contributed by atoms with Gasteiger partial charge in [-0.2, -0.15) is 0 Å². The van der Waals surface area contributed by atoms with Crippen LogP contribution in [0.1, 0.15) is 91.7 Å². The van der Waals surface area contributed by atoms with Crippen LogP contribution in [0.25, 0.3) is 0 Å².